The van der Waals surface area contributed by atoms with Crippen LogP contribution in [0.2, 0.25) is 5.02 Å². The fraction of sp³-hybridized carbons (Fsp3) is 0.222. The minimum absolute atomic E-state index is 0.219. The van der Waals surface area contributed by atoms with Crippen LogP contribution < -0.4 is 5.32 Å². The highest BCUT2D eigenvalue weighted by atomic mass is 35.5. The number of hydrogen-bond donors (Lipinski definition) is 1. The van der Waals surface area contributed by atoms with Crippen molar-refractivity contribution in [2.24, 2.45) is 0 Å². The SMILES string of the molecule is CCOC(=O)C1(Cc2ccc(Cl)cc2)Sc2ccccc2NC1=O. The summed E-state index contributed by atoms with van der Waals surface area (Å²) in [7, 11) is 0. The molecule has 2 aromatic carbocycles. The quantitative estimate of drug-likeness (QED) is 0.662. The summed E-state index contributed by atoms with van der Waals surface area (Å²) in [6.45, 7) is 1.95. The van der Waals surface area contributed by atoms with Crippen LogP contribution >= 0.6 is 23.4 Å². The van der Waals surface area contributed by atoms with Crippen LogP contribution in [0.4, 0.5) is 5.69 Å². The van der Waals surface area contributed by atoms with Crippen molar-refractivity contribution in [1.29, 1.82) is 0 Å². The molecule has 1 heterocycles. The monoisotopic (exact) mass is 361 g/mol. The van der Waals surface area contributed by atoms with E-state index in [1.165, 1.54) is 11.8 Å². The molecular weight excluding hydrogens is 346 g/mol. The molecule has 2 aromatic rings. The van der Waals surface area contributed by atoms with Crippen LogP contribution in [0.5, 0.6) is 0 Å². The highest BCUT2D eigenvalue weighted by molar-refractivity contribution is 8.02. The minimum atomic E-state index is -1.35. The third-order valence-corrected chi connectivity index (χ3v) is 5.43. The van der Waals surface area contributed by atoms with Crippen molar-refractivity contribution in [2.45, 2.75) is 23.0 Å². The number of esters is 1. The number of nitrogens with one attached hydrogen (secondary N) is 1. The molecule has 0 bridgehead atoms. The fourth-order valence-corrected chi connectivity index (χ4v) is 3.98. The van der Waals surface area contributed by atoms with E-state index in [-0.39, 0.29) is 18.9 Å². The van der Waals surface area contributed by atoms with Gasteiger partial charge in [-0.25, -0.2) is 4.79 Å². The van der Waals surface area contributed by atoms with Gasteiger partial charge in [-0.05, 0) is 36.8 Å². The summed E-state index contributed by atoms with van der Waals surface area (Å²) >= 11 is 7.16. The molecule has 0 fully saturated rings. The molecule has 0 saturated carbocycles. The Morgan fingerprint density at radius 3 is 2.62 bits per heavy atom. The maximum Gasteiger partial charge on any atom is 0.332 e. The molecule has 1 amide bonds. The van der Waals surface area contributed by atoms with Crippen LogP contribution in [0, 0.1) is 0 Å². The molecule has 0 aliphatic carbocycles. The van der Waals surface area contributed by atoms with Crippen LogP contribution in [-0.4, -0.2) is 23.2 Å². The van der Waals surface area contributed by atoms with Crippen molar-refractivity contribution in [3.63, 3.8) is 0 Å². The van der Waals surface area contributed by atoms with Crippen molar-refractivity contribution < 1.29 is 14.3 Å². The molecule has 24 heavy (non-hydrogen) atoms. The maximum atomic E-state index is 12.8. The summed E-state index contributed by atoms with van der Waals surface area (Å²) in [6.07, 6.45) is 0.230. The lowest BCUT2D eigenvalue weighted by molar-refractivity contribution is -0.148. The molecule has 0 radical (unpaired) electrons. The third-order valence-electron chi connectivity index (χ3n) is 3.76. The van der Waals surface area contributed by atoms with Crippen LogP contribution in [0.1, 0.15) is 12.5 Å². The molecule has 1 N–H and O–H groups in total. The summed E-state index contributed by atoms with van der Waals surface area (Å²) in [5, 5.41) is 3.44. The number of halogens is 1. The van der Waals surface area contributed by atoms with Gasteiger partial charge in [-0.15, -0.1) is 0 Å². The third kappa shape index (κ3) is 3.14. The van der Waals surface area contributed by atoms with Gasteiger partial charge in [0.1, 0.15) is 0 Å². The summed E-state index contributed by atoms with van der Waals surface area (Å²) < 4.78 is 3.87. The van der Waals surface area contributed by atoms with Crippen LogP contribution in [0.3, 0.4) is 0 Å². The van der Waals surface area contributed by atoms with Gasteiger partial charge in [0, 0.05) is 16.3 Å². The predicted molar refractivity (Wildman–Crippen MR) is 95.4 cm³/mol. The normalized spacial score (nSPS) is 19.3. The van der Waals surface area contributed by atoms with Crippen LogP contribution in [-0.2, 0) is 20.7 Å². The van der Waals surface area contributed by atoms with Crippen molar-refractivity contribution in [1.82, 2.24) is 0 Å². The number of carbonyl (C=O) groups excluding carboxylic acids is 2. The minimum Gasteiger partial charge on any atom is -0.465 e. The lowest BCUT2D eigenvalue weighted by atomic mass is 9.96. The maximum absolute atomic E-state index is 12.8. The summed E-state index contributed by atoms with van der Waals surface area (Å²) in [5.74, 6) is -0.892. The largest absolute Gasteiger partial charge is 0.465 e. The van der Waals surface area contributed by atoms with Crippen molar-refractivity contribution in [2.75, 3.05) is 11.9 Å². The van der Waals surface area contributed by atoms with E-state index >= 15 is 0 Å². The van der Waals surface area contributed by atoms with Gasteiger partial charge in [-0.3, -0.25) is 4.79 Å². The average Bonchev–Trinajstić information content (AvgIpc) is 2.57. The molecule has 1 aliphatic rings. The van der Waals surface area contributed by atoms with Gasteiger partial charge >= 0.3 is 5.97 Å². The molecule has 4 nitrogen and oxygen atoms in total. The van der Waals surface area contributed by atoms with Crippen molar-refractivity contribution >= 4 is 40.9 Å². The first-order valence-electron chi connectivity index (χ1n) is 7.56. The van der Waals surface area contributed by atoms with Gasteiger partial charge in [-0.1, -0.05) is 47.6 Å². The number of fused-ring (bicyclic) bond motifs is 1. The Labute approximate surface area is 149 Å². The average molecular weight is 362 g/mol. The topological polar surface area (TPSA) is 55.4 Å². The number of hydrogen-bond acceptors (Lipinski definition) is 4. The summed E-state index contributed by atoms with van der Waals surface area (Å²) in [6, 6.07) is 14.5. The number of ether oxygens (including phenoxy) is 1. The number of benzene rings is 2. The molecule has 0 aromatic heterocycles. The van der Waals surface area contributed by atoms with Gasteiger partial charge in [0.25, 0.3) is 5.91 Å². The summed E-state index contributed by atoms with van der Waals surface area (Å²) in [5.41, 5.74) is 1.55. The van der Waals surface area contributed by atoms with E-state index in [0.29, 0.717) is 10.7 Å². The Balaban J connectivity index is 2.01. The number of thioether (sulfide) groups is 1. The van der Waals surface area contributed by atoms with E-state index in [1.54, 1.807) is 19.1 Å². The molecule has 1 atom stereocenters. The lowest BCUT2D eigenvalue weighted by Crippen LogP contribution is -2.51. The van der Waals surface area contributed by atoms with Crippen LogP contribution in [0.15, 0.2) is 53.4 Å². The smallest absolute Gasteiger partial charge is 0.332 e. The first-order chi connectivity index (χ1) is 11.5. The van der Waals surface area contributed by atoms with E-state index < -0.39 is 10.7 Å². The first kappa shape index (κ1) is 16.9. The summed E-state index contributed by atoms with van der Waals surface area (Å²) in [4.78, 5) is 26.3. The Morgan fingerprint density at radius 2 is 1.92 bits per heavy atom. The number of carbonyl (C=O) groups is 2. The number of anilines is 1. The Morgan fingerprint density at radius 1 is 1.21 bits per heavy atom. The van der Waals surface area contributed by atoms with Gasteiger partial charge in [0.05, 0.1) is 12.3 Å². The predicted octanol–water partition coefficient (Wildman–Crippen LogP) is 3.93. The van der Waals surface area contributed by atoms with Crippen molar-refractivity contribution in [3.8, 4) is 0 Å². The standard InChI is InChI=1S/C18H16ClNO3S/c1-2-23-17(22)18(11-12-7-9-13(19)10-8-12)16(21)20-14-5-3-4-6-15(14)24-18/h3-10H,2,11H2,1H3,(H,20,21). The molecular formula is C18H16ClNO3S. The molecule has 3 rings (SSSR count). The highest BCUT2D eigenvalue weighted by Gasteiger charge is 2.51. The highest BCUT2D eigenvalue weighted by Crippen LogP contribution is 2.45. The van der Waals surface area contributed by atoms with E-state index in [1.807, 2.05) is 36.4 Å². The number of rotatable bonds is 4. The lowest BCUT2D eigenvalue weighted by Gasteiger charge is -2.34. The molecule has 1 unspecified atom stereocenters. The van der Waals surface area contributed by atoms with Gasteiger partial charge in [-0.2, -0.15) is 0 Å². The van der Waals surface area contributed by atoms with Crippen LogP contribution in [0.25, 0.3) is 0 Å². The zero-order valence-electron chi connectivity index (χ0n) is 13.0. The van der Waals surface area contributed by atoms with Gasteiger partial charge in [0.15, 0.2) is 0 Å². The first-order valence-corrected chi connectivity index (χ1v) is 8.76. The molecule has 1 aliphatic heterocycles. The second kappa shape index (κ2) is 6.87. The Hall–Kier alpha value is -1.98. The fourth-order valence-electron chi connectivity index (χ4n) is 2.58. The second-order valence-corrected chi connectivity index (χ2v) is 7.18. The number of para-hydroxylation sites is 1. The molecule has 6 heteroatoms. The van der Waals surface area contributed by atoms with E-state index in [2.05, 4.69) is 5.32 Å². The molecule has 124 valence electrons. The van der Waals surface area contributed by atoms with E-state index in [9.17, 15) is 9.59 Å². The Bertz CT molecular complexity index is 778. The van der Waals surface area contributed by atoms with E-state index in [0.717, 1.165) is 10.5 Å². The molecule has 0 spiro atoms. The molecule has 0 saturated heterocycles. The van der Waals surface area contributed by atoms with Gasteiger partial charge in [0.2, 0.25) is 4.75 Å². The van der Waals surface area contributed by atoms with E-state index in [4.69, 9.17) is 16.3 Å². The zero-order valence-corrected chi connectivity index (χ0v) is 14.6. The second-order valence-electron chi connectivity index (χ2n) is 5.40. The number of amides is 1. The van der Waals surface area contributed by atoms with Crippen molar-refractivity contribution in [3.05, 3.63) is 59.1 Å². The Kier molecular flexibility index (Phi) is 4.83. The van der Waals surface area contributed by atoms with Gasteiger partial charge < -0.3 is 10.1 Å². The zero-order chi connectivity index (χ0) is 17.2.